The van der Waals surface area contributed by atoms with E-state index < -0.39 is 0 Å². The van der Waals surface area contributed by atoms with Crippen molar-refractivity contribution in [3.05, 3.63) is 23.8 Å². The van der Waals surface area contributed by atoms with Gasteiger partial charge < -0.3 is 15.2 Å². The number of rotatable bonds is 5. The molecule has 0 radical (unpaired) electrons. The second-order valence-corrected chi connectivity index (χ2v) is 3.26. The van der Waals surface area contributed by atoms with Crippen LogP contribution in [-0.4, -0.2) is 25.3 Å². The van der Waals surface area contributed by atoms with Crippen LogP contribution in [0, 0.1) is 6.92 Å². The van der Waals surface area contributed by atoms with Crippen molar-refractivity contribution in [3.63, 3.8) is 0 Å². The van der Waals surface area contributed by atoms with Crippen molar-refractivity contribution in [1.29, 1.82) is 0 Å². The van der Waals surface area contributed by atoms with E-state index >= 15 is 0 Å². The summed E-state index contributed by atoms with van der Waals surface area (Å²) in [5.74, 6) is 1.13. The van der Waals surface area contributed by atoms with Gasteiger partial charge in [-0.3, -0.25) is 0 Å². The lowest BCUT2D eigenvalue weighted by Gasteiger charge is -2.08. The van der Waals surface area contributed by atoms with Gasteiger partial charge in [0.05, 0.1) is 6.61 Å². The minimum atomic E-state index is 0.282. The number of phenols is 1. The molecule has 3 nitrogen and oxygen atoms in total. The summed E-state index contributed by atoms with van der Waals surface area (Å²) in [6, 6.07) is 5.14. The van der Waals surface area contributed by atoms with Gasteiger partial charge in [0.25, 0.3) is 0 Å². The van der Waals surface area contributed by atoms with Crippen LogP contribution in [0.25, 0.3) is 0 Å². The normalized spacial score (nSPS) is 10.1. The molecule has 0 aliphatic carbocycles. The number of hydrogen-bond acceptors (Lipinski definition) is 3. The third-order valence-electron chi connectivity index (χ3n) is 1.99. The molecular formula is C11H17NO2. The van der Waals surface area contributed by atoms with Crippen LogP contribution in [0.4, 0.5) is 0 Å². The Hall–Kier alpha value is -1.22. The van der Waals surface area contributed by atoms with Crippen molar-refractivity contribution in [1.82, 2.24) is 5.32 Å². The highest BCUT2D eigenvalue weighted by Gasteiger charge is 1.99. The number of ether oxygens (including phenoxy) is 1. The first-order valence-corrected chi connectivity index (χ1v) is 4.81. The number of benzene rings is 1. The Balaban J connectivity index is 2.42. The minimum Gasteiger partial charge on any atom is -0.508 e. The molecule has 0 aromatic heterocycles. The van der Waals surface area contributed by atoms with E-state index in [0.717, 1.165) is 24.3 Å². The third-order valence-corrected chi connectivity index (χ3v) is 1.99. The summed E-state index contributed by atoms with van der Waals surface area (Å²) >= 11 is 0. The average Bonchev–Trinajstić information content (AvgIpc) is 2.15. The molecule has 14 heavy (non-hydrogen) atoms. The summed E-state index contributed by atoms with van der Waals surface area (Å²) in [6.45, 7) is 3.58. The van der Waals surface area contributed by atoms with Gasteiger partial charge in [-0.2, -0.15) is 0 Å². The molecule has 0 amide bonds. The highest BCUT2D eigenvalue weighted by atomic mass is 16.5. The standard InChI is InChI=1S/C11H17NO2/c1-9-8-10(13)4-5-11(9)14-7-3-6-12-2/h4-5,8,12-13H,3,6-7H2,1-2H3. The molecule has 0 heterocycles. The monoisotopic (exact) mass is 195 g/mol. The summed E-state index contributed by atoms with van der Waals surface area (Å²) in [5.41, 5.74) is 0.967. The fourth-order valence-electron chi connectivity index (χ4n) is 1.23. The van der Waals surface area contributed by atoms with Crippen molar-refractivity contribution >= 4 is 0 Å². The molecule has 0 saturated heterocycles. The second-order valence-electron chi connectivity index (χ2n) is 3.26. The van der Waals surface area contributed by atoms with Crippen molar-refractivity contribution in [2.24, 2.45) is 0 Å². The first kappa shape index (κ1) is 10.9. The quantitative estimate of drug-likeness (QED) is 0.702. The Morgan fingerprint density at radius 3 is 2.86 bits per heavy atom. The summed E-state index contributed by atoms with van der Waals surface area (Å²) in [4.78, 5) is 0. The Labute approximate surface area is 84.7 Å². The lowest BCUT2D eigenvalue weighted by Crippen LogP contribution is -2.11. The van der Waals surface area contributed by atoms with E-state index in [-0.39, 0.29) is 5.75 Å². The van der Waals surface area contributed by atoms with E-state index in [1.165, 1.54) is 0 Å². The number of phenolic OH excluding ortho intramolecular Hbond substituents is 1. The predicted octanol–water partition coefficient (Wildman–Crippen LogP) is 1.69. The zero-order valence-electron chi connectivity index (χ0n) is 8.71. The molecule has 2 N–H and O–H groups in total. The molecule has 78 valence electrons. The Morgan fingerprint density at radius 2 is 2.21 bits per heavy atom. The Bertz CT molecular complexity index is 287. The highest BCUT2D eigenvalue weighted by molar-refractivity contribution is 5.38. The van der Waals surface area contributed by atoms with E-state index in [2.05, 4.69) is 5.32 Å². The fourth-order valence-corrected chi connectivity index (χ4v) is 1.23. The van der Waals surface area contributed by atoms with Crippen LogP contribution in [0.2, 0.25) is 0 Å². The van der Waals surface area contributed by atoms with E-state index in [0.29, 0.717) is 6.61 Å². The van der Waals surface area contributed by atoms with Crippen LogP contribution >= 0.6 is 0 Å². The van der Waals surface area contributed by atoms with Gasteiger partial charge in [-0.15, -0.1) is 0 Å². The molecule has 1 rings (SSSR count). The first-order chi connectivity index (χ1) is 6.74. The lowest BCUT2D eigenvalue weighted by molar-refractivity contribution is 0.307. The van der Waals surface area contributed by atoms with Crippen LogP contribution in [0.15, 0.2) is 18.2 Å². The van der Waals surface area contributed by atoms with Crippen molar-refractivity contribution in [2.45, 2.75) is 13.3 Å². The van der Waals surface area contributed by atoms with E-state index in [1.807, 2.05) is 14.0 Å². The number of aryl methyl sites for hydroxylation is 1. The minimum absolute atomic E-state index is 0.282. The average molecular weight is 195 g/mol. The van der Waals surface area contributed by atoms with Crippen molar-refractivity contribution < 1.29 is 9.84 Å². The van der Waals surface area contributed by atoms with Crippen LogP contribution in [-0.2, 0) is 0 Å². The zero-order valence-corrected chi connectivity index (χ0v) is 8.71. The van der Waals surface area contributed by atoms with Gasteiger partial charge in [-0.05, 0) is 50.7 Å². The molecule has 0 unspecified atom stereocenters. The first-order valence-electron chi connectivity index (χ1n) is 4.81. The number of nitrogens with one attached hydrogen (secondary N) is 1. The molecule has 0 aliphatic heterocycles. The lowest BCUT2D eigenvalue weighted by atomic mass is 10.2. The van der Waals surface area contributed by atoms with Crippen LogP contribution in [0.5, 0.6) is 11.5 Å². The van der Waals surface area contributed by atoms with Crippen molar-refractivity contribution in [2.75, 3.05) is 20.2 Å². The van der Waals surface area contributed by atoms with Gasteiger partial charge in [0.15, 0.2) is 0 Å². The molecule has 0 atom stereocenters. The number of aromatic hydroxyl groups is 1. The Morgan fingerprint density at radius 1 is 1.43 bits per heavy atom. The van der Waals surface area contributed by atoms with Gasteiger partial charge in [-0.25, -0.2) is 0 Å². The van der Waals surface area contributed by atoms with E-state index in [9.17, 15) is 5.11 Å². The van der Waals surface area contributed by atoms with Gasteiger partial charge >= 0.3 is 0 Å². The van der Waals surface area contributed by atoms with Gasteiger partial charge in [0, 0.05) is 0 Å². The Kier molecular flexibility index (Phi) is 4.26. The molecule has 3 heteroatoms. The highest BCUT2D eigenvalue weighted by Crippen LogP contribution is 2.22. The topological polar surface area (TPSA) is 41.5 Å². The number of hydrogen-bond donors (Lipinski definition) is 2. The van der Waals surface area contributed by atoms with E-state index in [4.69, 9.17) is 4.74 Å². The van der Waals surface area contributed by atoms with E-state index in [1.54, 1.807) is 18.2 Å². The molecular weight excluding hydrogens is 178 g/mol. The zero-order chi connectivity index (χ0) is 10.4. The third kappa shape index (κ3) is 3.26. The van der Waals surface area contributed by atoms with Gasteiger partial charge in [-0.1, -0.05) is 0 Å². The summed E-state index contributed by atoms with van der Waals surface area (Å²) < 4.78 is 5.54. The summed E-state index contributed by atoms with van der Waals surface area (Å²) in [5, 5.41) is 12.2. The summed E-state index contributed by atoms with van der Waals surface area (Å²) in [7, 11) is 1.92. The summed E-state index contributed by atoms with van der Waals surface area (Å²) in [6.07, 6.45) is 0.983. The largest absolute Gasteiger partial charge is 0.508 e. The molecule has 1 aromatic rings. The van der Waals surface area contributed by atoms with Gasteiger partial charge in [0.2, 0.25) is 0 Å². The molecule has 0 bridgehead atoms. The molecule has 1 aromatic carbocycles. The smallest absolute Gasteiger partial charge is 0.122 e. The molecule has 0 saturated carbocycles. The van der Waals surface area contributed by atoms with Crippen LogP contribution < -0.4 is 10.1 Å². The molecule has 0 spiro atoms. The predicted molar refractivity (Wildman–Crippen MR) is 56.9 cm³/mol. The van der Waals surface area contributed by atoms with Gasteiger partial charge in [0.1, 0.15) is 11.5 Å². The molecule has 0 aliphatic rings. The van der Waals surface area contributed by atoms with Crippen LogP contribution in [0.3, 0.4) is 0 Å². The maximum Gasteiger partial charge on any atom is 0.122 e. The SMILES string of the molecule is CNCCCOc1ccc(O)cc1C. The van der Waals surface area contributed by atoms with Crippen molar-refractivity contribution in [3.8, 4) is 11.5 Å². The maximum atomic E-state index is 9.18. The van der Waals surface area contributed by atoms with Crippen LogP contribution in [0.1, 0.15) is 12.0 Å². The maximum absolute atomic E-state index is 9.18. The fraction of sp³-hybridized carbons (Fsp3) is 0.455. The molecule has 0 fully saturated rings. The second kappa shape index (κ2) is 5.50.